The Kier molecular flexibility index (Phi) is 8.60. The molecule has 1 aromatic carbocycles. The normalized spacial score (nSPS) is 12.8. The van der Waals surface area contributed by atoms with Crippen molar-refractivity contribution in [1.82, 2.24) is 9.88 Å². The summed E-state index contributed by atoms with van der Waals surface area (Å²) >= 11 is 0. The summed E-state index contributed by atoms with van der Waals surface area (Å²) in [5, 5.41) is 4.20. The van der Waals surface area contributed by atoms with E-state index in [4.69, 9.17) is 0 Å². The minimum atomic E-state index is -5.17. The van der Waals surface area contributed by atoms with Gasteiger partial charge in [0.25, 0.3) is 11.3 Å². The number of nitrogens with one attached hydrogen (secondary N) is 2. The fourth-order valence-electron chi connectivity index (χ4n) is 3.19. The number of pyridine rings is 1. The first-order valence-corrected chi connectivity index (χ1v) is 12.3. The molecule has 0 saturated heterocycles. The number of aromatic nitrogens is 1. The average Bonchev–Trinajstić information content (AvgIpc) is 2.73. The van der Waals surface area contributed by atoms with Gasteiger partial charge in [0.1, 0.15) is 18.0 Å². The van der Waals surface area contributed by atoms with Crippen LogP contribution in [0.5, 0.6) is 0 Å². The van der Waals surface area contributed by atoms with Crippen LogP contribution in [-0.4, -0.2) is 54.8 Å². The molecule has 1 heterocycles. The zero-order valence-corrected chi connectivity index (χ0v) is 19.9. The largest absolute Gasteiger partial charge is 0.452 e. The first-order chi connectivity index (χ1) is 16.1. The summed E-state index contributed by atoms with van der Waals surface area (Å²) in [7, 11) is -3.69. The van der Waals surface area contributed by atoms with Crippen LogP contribution >= 0.6 is 0 Å². The van der Waals surface area contributed by atoms with Crippen molar-refractivity contribution in [2.75, 3.05) is 17.3 Å². The highest BCUT2D eigenvalue weighted by Gasteiger charge is 2.45. The number of benzene rings is 1. The van der Waals surface area contributed by atoms with E-state index in [0.29, 0.717) is 5.56 Å². The van der Waals surface area contributed by atoms with Gasteiger partial charge >= 0.3 is 6.18 Å². The predicted octanol–water partition coefficient (Wildman–Crippen LogP) is 1.77. The van der Waals surface area contributed by atoms with Crippen LogP contribution in [0.4, 0.5) is 18.9 Å². The van der Waals surface area contributed by atoms with E-state index in [1.54, 1.807) is 30.3 Å². The van der Waals surface area contributed by atoms with Gasteiger partial charge in [-0.15, -0.1) is 0 Å². The maximum Gasteiger partial charge on any atom is 0.452 e. The lowest BCUT2D eigenvalue weighted by Gasteiger charge is -2.23. The van der Waals surface area contributed by atoms with Crippen LogP contribution in [0.25, 0.3) is 11.3 Å². The zero-order chi connectivity index (χ0) is 26.6. The van der Waals surface area contributed by atoms with Crippen molar-refractivity contribution < 1.29 is 36.0 Å². The molecule has 9 nitrogen and oxygen atoms in total. The minimum absolute atomic E-state index is 0.204. The van der Waals surface area contributed by atoms with Crippen molar-refractivity contribution >= 4 is 33.1 Å². The third kappa shape index (κ3) is 7.77. The highest BCUT2D eigenvalue weighted by Crippen LogP contribution is 2.22. The zero-order valence-electron chi connectivity index (χ0n) is 19.0. The highest BCUT2D eigenvalue weighted by atomic mass is 32.2. The number of hydrogen-bond donors (Lipinski definition) is 2. The van der Waals surface area contributed by atoms with E-state index in [-0.39, 0.29) is 11.4 Å². The molecule has 0 radical (unpaired) electrons. The lowest BCUT2D eigenvalue weighted by atomic mass is 9.99. The van der Waals surface area contributed by atoms with Gasteiger partial charge in [-0.3, -0.25) is 23.7 Å². The third-order valence-electron chi connectivity index (χ3n) is 4.76. The Hall–Kier alpha value is -3.48. The van der Waals surface area contributed by atoms with Crippen LogP contribution in [0.3, 0.4) is 0 Å². The molecule has 2 aromatic rings. The number of sulfone groups is 1. The summed E-state index contributed by atoms with van der Waals surface area (Å²) in [6.45, 7) is 1.88. The monoisotopic (exact) mass is 515 g/mol. The van der Waals surface area contributed by atoms with Crippen molar-refractivity contribution in [3.63, 3.8) is 0 Å². The molecule has 2 rings (SSSR count). The standard InChI is InChI=1S/C22H24F3N3O6S/c1-13(2)19(20(31)22(23,24)25)27-17(29)11-28-16(14-7-5-4-6-8-14)10-9-15(21(28)32)26-18(30)12-35(3,33)34/h4-10,13,19H,11-12H2,1-3H3,(H,26,30)(H,27,29). The summed E-state index contributed by atoms with van der Waals surface area (Å²) in [5.41, 5.74) is -0.544. The summed E-state index contributed by atoms with van der Waals surface area (Å²) in [6, 6.07) is 9.00. The third-order valence-corrected chi connectivity index (χ3v) is 5.54. The number of anilines is 1. The molecule has 2 amide bonds. The molecule has 13 heteroatoms. The second-order valence-electron chi connectivity index (χ2n) is 8.16. The van der Waals surface area contributed by atoms with E-state index in [1.807, 2.05) is 5.32 Å². The van der Waals surface area contributed by atoms with Crippen molar-refractivity contribution in [3.8, 4) is 11.3 Å². The topological polar surface area (TPSA) is 131 Å². The van der Waals surface area contributed by atoms with Gasteiger partial charge in [0, 0.05) is 6.26 Å². The second-order valence-corrected chi connectivity index (χ2v) is 10.3. The van der Waals surface area contributed by atoms with Crippen molar-refractivity contribution in [1.29, 1.82) is 0 Å². The SMILES string of the molecule is CC(C)C(NC(=O)Cn1c(-c2ccccc2)ccc(NC(=O)CS(C)(=O)=O)c1=O)C(=O)C(F)(F)F. The average molecular weight is 516 g/mol. The number of halogens is 3. The van der Waals surface area contributed by atoms with Crippen molar-refractivity contribution in [3.05, 3.63) is 52.8 Å². The van der Waals surface area contributed by atoms with Gasteiger partial charge < -0.3 is 10.6 Å². The Morgan fingerprint density at radius 2 is 1.60 bits per heavy atom. The summed E-state index contributed by atoms with van der Waals surface area (Å²) in [6.07, 6.45) is -4.33. The van der Waals surface area contributed by atoms with Gasteiger partial charge in [-0.1, -0.05) is 44.2 Å². The Labute approximate surface area is 199 Å². The number of hydrogen-bond acceptors (Lipinski definition) is 6. The number of ketones is 1. The lowest BCUT2D eigenvalue weighted by molar-refractivity contribution is -0.174. The molecule has 0 aliphatic carbocycles. The number of rotatable bonds is 9. The van der Waals surface area contributed by atoms with Crippen LogP contribution in [0.1, 0.15) is 13.8 Å². The Bertz CT molecular complexity index is 1270. The van der Waals surface area contributed by atoms with Crippen molar-refractivity contribution in [2.24, 2.45) is 5.92 Å². The molecule has 0 fully saturated rings. The molecule has 1 aromatic heterocycles. The lowest BCUT2D eigenvalue weighted by Crippen LogP contribution is -2.50. The molecular formula is C22H24F3N3O6S. The van der Waals surface area contributed by atoms with Gasteiger partial charge in [-0.25, -0.2) is 8.42 Å². The van der Waals surface area contributed by atoms with Gasteiger partial charge in [-0.2, -0.15) is 13.2 Å². The first kappa shape index (κ1) is 27.8. The Morgan fingerprint density at radius 1 is 1.00 bits per heavy atom. The van der Waals surface area contributed by atoms with E-state index in [9.17, 15) is 40.8 Å². The molecule has 2 N–H and O–H groups in total. The summed E-state index contributed by atoms with van der Waals surface area (Å²) in [4.78, 5) is 49.5. The number of nitrogens with zero attached hydrogens (tertiary/aromatic N) is 1. The fraction of sp³-hybridized carbons (Fsp3) is 0.364. The molecule has 0 aliphatic rings. The van der Waals surface area contributed by atoms with E-state index in [1.165, 1.54) is 26.0 Å². The number of carbonyl (C=O) groups is 3. The molecule has 1 unspecified atom stereocenters. The number of carbonyl (C=O) groups excluding carboxylic acids is 3. The first-order valence-electron chi connectivity index (χ1n) is 10.3. The predicted molar refractivity (Wildman–Crippen MR) is 122 cm³/mol. The van der Waals surface area contributed by atoms with Crippen LogP contribution in [0.2, 0.25) is 0 Å². The molecule has 35 heavy (non-hydrogen) atoms. The number of alkyl halides is 3. The maximum absolute atomic E-state index is 13.1. The van der Waals surface area contributed by atoms with Gasteiger partial charge in [0.15, 0.2) is 9.84 Å². The minimum Gasteiger partial charge on any atom is -0.344 e. The quantitative estimate of drug-likeness (QED) is 0.523. The molecule has 0 spiro atoms. The van der Waals surface area contributed by atoms with Crippen LogP contribution < -0.4 is 16.2 Å². The van der Waals surface area contributed by atoms with E-state index >= 15 is 0 Å². The van der Waals surface area contributed by atoms with Gasteiger partial charge in [0.05, 0.1) is 11.7 Å². The molecule has 1 atom stereocenters. The van der Waals surface area contributed by atoms with Crippen LogP contribution in [0, 0.1) is 5.92 Å². The molecule has 0 saturated carbocycles. The fourth-order valence-corrected chi connectivity index (χ4v) is 3.74. The molecular weight excluding hydrogens is 491 g/mol. The van der Waals surface area contributed by atoms with E-state index in [2.05, 4.69) is 5.32 Å². The second kappa shape index (κ2) is 10.8. The molecule has 190 valence electrons. The molecule has 0 bridgehead atoms. The molecule has 0 aliphatic heterocycles. The summed E-state index contributed by atoms with van der Waals surface area (Å²) in [5.74, 6) is -5.93. The van der Waals surface area contributed by atoms with Crippen LogP contribution in [-0.2, 0) is 30.8 Å². The Balaban J connectivity index is 2.45. The smallest absolute Gasteiger partial charge is 0.344 e. The highest BCUT2D eigenvalue weighted by molar-refractivity contribution is 7.91. The Morgan fingerprint density at radius 3 is 2.11 bits per heavy atom. The number of Topliss-reactive ketones (excluding diaryl/α,β-unsaturated/α-hetero) is 1. The van der Waals surface area contributed by atoms with Crippen LogP contribution in [0.15, 0.2) is 47.3 Å². The van der Waals surface area contributed by atoms with Gasteiger partial charge in [-0.05, 0) is 23.6 Å². The van der Waals surface area contributed by atoms with Crippen molar-refractivity contribution in [2.45, 2.75) is 32.6 Å². The maximum atomic E-state index is 13.1. The van der Waals surface area contributed by atoms with E-state index in [0.717, 1.165) is 10.8 Å². The summed E-state index contributed by atoms with van der Waals surface area (Å²) < 4.78 is 62.4. The number of amides is 2. The van der Waals surface area contributed by atoms with Gasteiger partial charge in [0.2, 0.25) is 11.8 Å². The van der Waals surface area contributed by atoms with E-state index < -0.39 is 63.4 Å².